The van der Waals surface area contributed by atoms with Gasteiger partial charge in [0.15, 0.2) is 0 Å². The molecule has 0 saturated carbocycles. The molecular weight excluding hydrogens is 160 g/mol. The van der Waals surface area contributed by atoms with E-state index < -0.39 is 0 Å². The number of hydrogen-bond acceptors (Lipinski definition) is 1. The van der Waals surface area contributed by atoms with Crippen molar-refractivity contribution in [1.82, 2.24) is 0 Å². The molecule has 0 aromatic rings. The highest BCUT2D eigenvalue weighted by atomic mass is 16.1. The Bertz CT molecular complexity index is 161. The molecule has 0 amide bonds. The largest absolute Gasteiger partial charge is 0.303 e. The van der Waals surface area contributed by atoms with Crippen molar-refractivity contribution in [2.24, 2.45) is 5.41 Å². The molecule has 0 radical (unpaired) electrons. The van der Waals surface area contributed by atoms with Crippen molar-refractivity contribution < 1.29 is 4.79 Å². The lowest BCUT2D eigenvalue weighted by molar-refractivity contribution is -0.115. The number of carbonyl (C=O) groups excluding carboxylic acids is 1. The van der Waals surface area contributed by atoms with Crippen LogP contribution in [0.3, 0.4) is 0 Å². The van der Waals surface area contributed by atoms with Crippen molar-refractivity contribution in [3.8, 4) is 0 Å². The minimum atomic E-state index is -0.0833. The van der Waals surface area contributed by atoms with Crippen LogP contribution in [0.25, 0.3) is 0 Å². The van der Waals surface area contributed by atoms with E-state index in [1.54, 1.807) is 0 Å². The summed E-state index contributed by atoms with van der Waals surface area (Å²) in [5.74, 6) is 0. The van der Waals surface area contributed by atoms with Crippen molar-refractivity contribution in [1.29, 1.82) is 0 Å². The Labute approximate surface area is 82.2 Å². The molecule has 0 rings (SSSR count). The van der Waals surface area contributed by atoms with Crippen LogP contribution in [0.2, 0.25) is 0 Å². The zero-order valence-corrected chi connectivity index (χ0v) is 9.18. The maximum atomic E-state index is 10.8. The fourth-order valence-corrected chi connectivity index (χ4v) is 1.23. The fourth-order valence-electron chi connectivity index (χ4n) is 1.23. The number of rotatable bonds is 7. The van der Waals surface area contributed by atoms with Gasteiger partial charge in [-0.15, -0.1) is 0 Å². The molecule has 13 heavy (non-hydrogen) atoms. The Kier molecular flexibility index (Phi) is 6.56. The van der Waals surface area contributed by atoms with E-state index in [9.17, 15) is 4.79 Å². The first-order valence-corrected chi connectivity index (χ1v) is 5.30. The van der Waals surface area contributed by atoms with Crippen LogP contribution >= 0.6 is 0 Å². The third kappa shape index (κ3) is 5.62. The maximum Gasteiger partial charge on any atom is 0.125 e. The molecule has 0 aliphatic rings. The third-order valence-electron chi connectivity index (χ3n) is 2.61. The van der Waals surface area contributed by atoms with Gasteiger partial charge in [-0.05, 0) is 32.1 Å². The fraction of sp³-hybridized carbons (Fsp3) is 0.750. The van der Waals surface area contributed by atoms with Gasteiger partial charge in [-0.3, -0.25) is 0 Å². The molecular formula is C12H22O. The molecule has 0 bridgehead atoms. The first kappa shape index (κ1) is 12.4. The Morgan fingerprint density at radius 2 is 1.92 bits per heavy atom. The van der Waals surface area contributed by atoms with Gasteiger partial charge in [0.05, 0.1) is 0 Å². The second-order valence-electron chi connectivity index (χ2n) is 3.90. The Morgan fingerprint density at radius 1 is 1.23 bits per heavy atom. The molecule has 0 spiro atoms. The summed E-state index contributed by atoms with van der Waals surface area (Å²) in [6.45, 7) is 6.26. The second kappa shape index (κ2) is 6.88. The van der Waals surface area contributed by atoms with Crippen LogP contribution in [0.5, 0.6) is 0 Å². The predicted octanol–water partition coefficient (Wildman–Crippen LogP) is 3.74. The SMILES string of the molecule is CCC=CCCCC(C)(C=O)CC. The first-order valence-electron chi connectivity index (χ1n) is 5.30. The standard InChI is InChI=1S/C12H22O/c1-4-6-7-8-9-10-12(3,5-2)11-13/h6-7,11H,4-5,8-10H2,1-3H3. The number of hydrogen-bond donors (Lipinski definition) is 0. The van der Waals surface area contributed by atoms with Gasteiger partial charge in [-0.25, -0.2) is 0 Å². The first-order chi connectivity index (χ1) is 6.18. The van der Waals surface area contributed by atoms with Crippen LogP contribution in [-0.2, 0) is 4.79 Å². The lowest BCUT2D eigenvalue weighted by atomic mass is 9.84. The van der Waals surface area contributed by atoms with E-state index in [2.05, 4.69) is 26.0 Å². The van der Waals surface area contributed by atoms with Gasteiger partial charge in [0.2, 0.25) is 0 Å². The molecule has 0 aromatic heterocycles. The van der Waals surface area contributed by atoms with Crippen molar-refractivity contribution in [3.63, 3.8) is 0 Å². The quantitative estimate of drug-likeness (QED) is 0.333. The summed E-state index contributed by atoms with van der Waals surface area (Å²) < 4.78 is 0. The van der Waals surface area contributed by atoms with Gasteiger partial charge < -0.3 is 4.79 Å². The van der Waals surface area contributed by atoms with E-state index in [0.29, 0.717) is 0 Å². The monoisotopic (exact) mass is 182 g/mol. The van der Waals surface area contributed by atoms with E-state index in [0.717, 1.165) is 38.4 Å². The molecule has 0 saturated heterocycles. The Balaban J connectivity index is 3.61. The molecule has 0 N–H and O–H groups in total. The summed E-state index contributed by atoms with van der Waals surface area (Å²) in [4.78, 5) is 10.8. The minimum absolute atomic E-state index is 0.0833. The smallest absolute Gasteiger partial charge is 0.125 e. The van der Waals surface area contributed by atoms with Gasteiger partial charge >= 0.3 is 0 Å². The van der Waals surface area contributed by atoms with E-state index in [1.807, 2.05) is 6.92 Å². The summed E-state index contributed by atoms with van der Waals surface area (Å²) in [5.41, 5.74) is -0.0833. The van der Waals surface area contributed by atoms with Crippen LogP contribution < -0.4 is 0 Å². The van der Waals surface area contributed by atoms with Crippen molar-refractivity contribution in [3.05, 3.63) is 12.2 Å². The minimum Gasteiger partial charge on any atom is -0.303 e. The molecule has 0 heterocycles. The highest BCUT2D eigenvalue weighted by Crippen LogP contribution is 2.25. The number of aldehydes is 1. The molecule has 0 fully saturated rings. The molecule has 76 valence electrons. The van der Waals surface area contributed by atoms with Crippen molar-refractivity contribution in [2.75, 3.05) is 0 Å². The highest BCUT2D eigenvalue weighted by Gasteiger charge is 2.19. The highest BCUT2D eigenvalue weighted by molar-refractivity contribution is 5.58. The number of unbranched alkanes of at least 4 members (excludes halogenated alkanes) is 1. The van der Waals surface area contributed by atoms with Crippen molar-refractivity contribution >= 4 is 6.29 Å². The molecule has 0 aliphatic carbocycles. The lowest BCUT2D eigenvalue weighted by Gasteiger charge is -2.19. The van der Waals surface area contributed by atoms with Crippen molar-refractivity contribution in [2.45, 2.75) is 52.9 Å². The molecule has 1 unspecified atom stereocenters. The normalized spacial score (nSPS) is 15.9. The molecule has 1 nitrogen and oxygen atoms in total. The zero-order chi connectivity index (χ0) is 10.2. The summed E-state index contributed by atoms with van der Waals surface area (Å²) in [5, 5.41) is 0. The van der Waals surface area contributed by atoms with Gasteiger partial charge in [-0.2, -0.15) is 0 Å². The van der Waals surface area contributed by atoms with Gasteiger partial charge in [0.25, 0.3) is 0 Å². The Hall–Kier alpha value is -0.590. The predicted molar refractivity (Wildman–Crippen MR) is 57.7 cm³/mol. The number of allylic oxidation sites excluding steroid dienone is 2. The van der Waals surface area contributed by atoms with Gasteiger partial charge in [-0.1, -0.05) is 32.9 Å². The van der Waals surface area contributed by atoms with Crippen LogP contribution in [0, 0.1) is 5.41 Å². The number of carbonyl (C=O) groups is 1. The summed E-state index contributed by atoms with van der Waals surface area (Å²) >= 11 is 0. The van der Waals surface area contributed by atoms with Crippen LogP contribution in [0.4, 0.5) is 0 Å². The molecule has 0 aromatic carbocycles. The maximum absolute atomic E-state index is 10.8. The average Bonchev–Trinajstić information content (AvgIpc) is 2.17. The summed E-state index contributed by atoms with van der Waals surface area (Å²) in [6, 6.07) is 0. The van der Waals surface area contributed by atoms with E-state index >= 15 is 0 Å². The van der Waals surface area contributed by atoms with Gasteiger partial charge in [0, 0.05) is 5.41 Å². The van der Waals surface area contributed by atoms with Crippen LogP contribution in [0.15, 0.2) is 12.2 Å². The Morgan fingerprint density at radius 3 is 2.38 bits per heavy atom. The van der Waals surface area contributed by atoms with Crippen LogP contribution in [0.1, 0.15) is 52.9 Å². The lowest BCUT2D eigenvalue weighted by Crippen LogP contribution is -2.16. The van der Waals surface area contributed by atoms with Gasteiger partial charge in [0.1, 0.15) is 6.29 Å². The van der Waals surface area contributed by atoms with E-state index in [1.165, 1.54) is 0 Å². The zero-order valence-electron chi connectivity index (χ0n) is 9.18. The molecule has 1 atom stereocenters. The second-order valence-corrected chi connectivity index (χ2v) is 3.90. The third-order valence-corrected chi connectivity index (χ3v) is 2.61. The van der Waals surface area contributed by atoms with Crippen LogP contribution in [-0.4, -0.2) is 6.29 Å². The molecule has 0 aliphatic heterocycles. The topological polar surface area (TPSA) is 17.1 Å². The van der Waals surface area contributed by atoms with E-state index in [4.69, 9.17) is 0 Å². The van der Waals surface area contributed by atoms with E-state index in [-0.39, 0.29) is 5.41 Å². The molecule has 1 heteroatoms. The average molecular weight is 182 g/mol. The summed E-state index contributed by atoms with van der Waals surface area (Å²) in [7, 11) is 0. The summed E-state index contributed by atoms with van der Waals surface area (Å²) in [6.07, 6.45) is 10.8.